The zero-order valence-corrected chi connectivity index (χ0v) is 16.4. The molecule has 0 radical (unpaired) electrons. The molecule has 0 atom stereocenters. The Morgan fingerprint density at radius 2 is 1.68 bits per heavy atom. The van der Waals surface area contributed by atoms with E-state index >= 15 is 0 Å². The Morgan fingerprint density at radius 1 is 1.00 bits per heavy atom. The highest BCUT2D eigenvalue weighted by Gasteiger charge is 2.25. The number of hydrogen-bond acceptors (Lipinski definition) is 3. The molecule has 0 unspecified atom stereocenters. The number of hydrogen-bond donors (Lipinski definition) is 1. The molecule has 0 bridgehead atoms. The van der Waals surface area contributed by atoms with E-state index in [4.69, 9.17) is 0 Å². The van der Waals surface area contributed by atoms with Gasteiger partial charge < -0.3 is 10.2 Å². The Hall–Kier alpha value is -2.69. The standard InChI is InChI=1S/C23H27N3O2/c1-16-2-5-20(15-24-16)23(28)26-12-10-18(11-13-26)14-17-3-6-19(7-4-17)22(27)25-21-8-9-21/h2-7,15,18,21H,8-14H2,1H3,(H,25,27). The zero-order chi connectivity index (χ0) is 19.5. The number of amides is 2. The molecule has 4 rings (SSSR count). The molecule has 5 nitrogen and oxygen atoms in total. The van der Waals surface area contributed by atoms with Crippen LogP contribution in [0.3, 0.4) is 0 Å². The van der Waals surface area contributed by atoms with Gasteiger partial charge in [0.25, 0.3) is 11.8 Å². The molecule has 1 saturated heterocycles. The van der Waals surface area contributed by atoms with Crippen LogP contribution in [0.25, 0.3) is 0 Å². The molecule has 2 amide bonds. The lowest BCUT2D eigenvalue weighted by Crippen LogP contribution is -2.39. The smallest absolute Gasteiger partial charge is 0.255 e. The van der Waals surface area contributed by atoms with Gasteiger partial charge in [0.1, 0.15) is 0 Å². The van der Waals surface area contributed by atoms with E-state index in [1.807, 2.05) is 36.1 Å². The fourth-order valence-electron chi connectivity index (χ4n) is 3.74. The lowest BCUT2D eigenvalue weighted by molar-refractivity contribution is 0.0690. The van der Waals surface area contributed by atoms with Crippen molar-refractivity contribution >= 4 is 11.8 Å². The van der Waals surface area contributed by atoms with E-state index in [0.717, 1.165) is 56.5 Å². The monoisotopic (exact) mass is 377 g/mol. The molecular weight excluding hydrogens is 350 g/mol. The van der Waals surface area contributed by atoms with Crippen molar-refractivity contribution < 1.29 is 9.59 Å². The van der Waals surface area contributed by atoms with Crippen molar-refractivity contribution in [3.8, 4) is 0 Å². The summed E-state index contributed by atoms with van der Waals surface area (Å²) in [6, 6.07) is 12.1. The van der Waals surface area contributed by atoms with E-state index < -0.39 is 0 Å². The second kappa shape index (κ2) is 8.13. The summed E-state index contributed by atoms with van der Waals surface area (Å²) < 4.78 is 0. The number of nitrogens with one attached hydrogen (secondary N) is 1. The summed E-state index contributed by atoms with van der Waals surface area (Å²) in [5, 5.41) is 3.02. The Kier molecular flexibility index (Phi) is 5.42. The van der Waals surface area contributed by atoms with Crippen molar-refractivity contribution in [2.75, 3.05) is 13.1 Å². The van der Waals surface area contributed by atoms with Crippen LogP contribution >= 0.6 is 0 Å². The van der Waals surface area contributed by atoms with Crippen molar-refractivity contribution in [2.45, 2.75) is 45.1 Å². The number of nitrogens with zero attached hydrogens (tertiary/aromatic N) is 2. The minimum Gasteiger partial charge on any atom is -0.349 e. The highest BCUT2D eigenvalue weighted by molar-refractivity contribution is 5.94. The summed E-state index contributed by atoms with van der Waals surface area (Å²) >= 11 is 0. The lowest BCUT2D eigenvalue weighted by Gasteiger charge is -2.32. The van der Waals surface area contributed by atoms with E-state index in [1.54, 1.807) is 6.20 Å². The van der Waals surface area contributed by atoms with Gasteiger partial charge in [0.2, 0.25) is 0 Å². The maximum Gasteiger partial charge on any atom is 0.255 e. The molecule has 2 fully saturated rings. The summed E-state index contributed by atoms with van der Waals surface area (Å²) in [5.41, 5.74) is 3.59. The van der Waals surface area contributed by atoms with E-state index in [0.29, 0.717) is 17.5 Å². The summed E-state index contributed by atoms with van der Waals surface area (Å²) in [6.07, 6.45) is 6.89. The SMILES string of the molecule is Cc1ccc(C(=O)N2CCC(Cc3ccc(C(=O)NC4CC4)cc3)CC2)cn1. The third-order valence-electron chi connectivity index (χ3n) is 5.71. The minimum atomic E-state index is 0.0338. The van der Waals surface area contributed by atoms with E-state index in [2.05, 4.69) is 22.4 Å². The second-order valence-electron chi connectivity index (χ2n) is 8.07. The summed E-state index contributed by atoms with van der Waals surface area (Å²) in [5.74, 6) is 0.690. The van der Waals surface area contributed by atoms with Crippen LogP contribution < -0.4 is 5.32 Å². The third-order valence-corrected chi connectivity index (χ3v) is 5.71. The fraction of sp³-hybridized carbons (Fsp3) is 0.435. The van der Waals surface area contributed by atoms with Crippen LogP contribution in [-0.4, -0.2) is 40.8 Å². The molecule has 1 aliphatic heterocycles. The van der Waals surface area contributed by atoms with Crippen molar-refractivity contribution in [3.05, 3.63) is 65.0 Å². The van der Waals surface area contributed by atoms with Gasteiger partial charge in [0, 0.05) is 36.6 Å². The first-order valence-electron chi connectivity index (χ1n) is 10.2. The number of rotatable bonds is 5. The summed E-state index contributed by atoms with van der Waals surface area (Å²) in [7, 11) is 0. The van der Waals surface area contributed by atoms with Gasteiger partial charge in [0.05, 0.1) is 5.56 Å². The molecule has 1 aliphatic carbocycles. The lowest BCUT2D eigenvalue weighted by atomic mass is 9.89. The number of piperidine rings is 1. The molecule has 1 saturated carbocycles. The van der Waals surface area contributed by atoms with Crippen molar-refractivity contribution in [1.29, 1.82) is 0 Å². The van der Waals surface area contributed by atoms with E-state index in [-0.39, 0.29) is 11.8 Å². The number of aromatic nitrogens is 1. The Morgan fingerprint density at radius 3 is 2.29 bits per heavy atom. The second-order valence-corrected chi connectivity index (χ2v) is 8.07. The van der Waals surface area contributed by atoms with Crippen molar-refractivity contribution in [1.82, 2.24) is 15.2 Å². The number of aryl methyl sites for hydroxylation is 1. The predicted molar refractivity (Wildman–Crippen MR) is 108 cm³/mol. The molecule has 5 heteroatoms. The summed E-state index contributed by atoms with van der Waals surface area (Å²) in [4.78, 5) is 30.9. The molecular formula is C23H27N3O2. The largest absolute Gasteiger partial charge is 0.349 e. The molecule has 28 heavy (non-hydrogen) atoms. The molecule has 1 aromatic carbocycles. The van der Waals surface area contributed by atoms with Crippen LogP contribution in [0.4, 0.5) is 0 Å². The topological polar surface area (TPSA) is 62.3 Å². The Balaban J connectivity index is 1.27. The van der Waals surface area contributed by atoms with Crippen LogP contribution in [0.5, 0.6) is 0 Å². The maximum atomic E-state index is 12.6. The van der Waals surface area contributed by atoms with Gasteiger partial charge >= 0.3 is 0 Å². The fourth-order valence-corrected chi connectivity index (χ4v) is 3.74. The average molecular weight is 377 g/mol. The molecule has 2 aromatic rings. The zero-order valence-electron chi connectivity index (χ0n) is 16.4. The van der Waals surface area contributed by atoms with Crippen molar-refractivity contribution in [2.24, 2.45) is 5.92 Å². The quantitative estimate of drug-likeness (QED) is 0.869. The molecule has 0 spiro atoms. The Bertz CT molecular complexity index is 833. The molecule has 1 aromatic heterocycles. The van der Waals surface area contributed by atoms with Crippen LogP contribution in [0.15, 0.2) is 42.6 Å². The minimum absolute atomic E-state index is 0.0338. The number of benzene rings is 1. The number of pyridine rings is 1. The number of likely N-dealkylation sites (tertiary alicyclic amines) is 1. The first-order valence-corrected chi connectivity index (χ1v) is 10.2. The van der Waals surface area contributed by atoms with Crippen LogP contribution in [0, 0.1) is 12.8 Å². The first-order chi connectivity index (χ1) is 13.6. The Labute approximate surface area is 166 Å². The van der Waals surface area contributed by atoms with Gasteiger partial charge in [0.15, 0.2) is 0 Å². The first kappa shape index (κ1) is 18.7. The van der Waals surface area contributed by atoms with Gasteiger partial charge in [-0.25, -0.2) is 0 Å². The maximum absolute atomic E-state index is 12.6. The van der Waals surface area contributed by atoms with Crippen LogP contribution in [0.2, 0.25) is 0 Å². The molecule has 2 heterocycles. The molecule has 1 N–H and O–H groups in total. The van der Waals surface area contributed by atoms with Crippen LogP contribution in [0.1, 0.15) is 57.7 Å². The third kappa shape index (κ3) is 4.58. The van der Waals surface area contributed by atoms with Gasteiger partial charge in [-0.05, 0) is 74.8 Å². The summed E-state index contributed by atoms with van der Waals surface area (Å²) in [6.45, 7) is 3.50. The molecule has 146 valence electrons. The van der Waals surface area contributed by atoms with Gasteiger partial charge in [-0.1, -0.05) is 12.1 Å². The highest BCUT2D eigenvalue weighted by atomic mass is 16.2. The van der Waals surface area contributed by atoms with Gasteiger partial charge in [-0.15, -0.1) is 0 Å². The predicted octanol–water partition coefficient (Wildman–Crippen LogP) is 3.38. The highest BCUT2D eigenvalue weighted by Crippen LogP contribution is 2.23. The molecule has 2 aliphatic rings. The van der Waals surface area contributed by atoms with E-state index in [9.17, 15) is 9.59 Å². The normalized spacial score (nSPS) is 17.4. The average Bonchev–Trinajstić information content (AvgIpc) is 3.53. The van der Waals surface area contributed by atoms with Crippen molar-refractivity contribution in [3.63, 3.8) is 0 Å². The van der Waals surface area contributed by atoms with Gasteiger partial charge in [-0.2, -0.15) is 0 Å². The van der Waals surface area contributed by atoms with E-state index in [1.165, 1.54) is 5.56 Å². The number of carbonyl (C=O) groups excluding carboxylic acids is 2. The van der Waals surface area contributed by atoms with Crippen LogP contribution in [-0.2, 0) is 6.42 Å². The van der Waals surface area contributed by atoms with Gasteiger partial charge in [-0.3, -0.25) is 14.6 Å². The number of carbonyl (C=O) groups is 2.